The summed E-state index contributed by atoms with van der Waals surface area (Å²) >= 11 is 0. The first-order valence-corrected chi connectivity index (χ1v) is 10.0. The Hall–Kier alpha value is -3.54. The van der Waals surface area contributed by atoms with Crippen LogP contribution in [0.4, 0.5) is 5.69 Å². The summed E-state index contributed by atoms with van der Waals surface area (Å²) in [6.07, 6.45) is 4.22. The van der Waals surface area contributed by atoms with Crippen molar-refractivity contribution in [2.75, 3.05) is 25.5 Å². The highest BCUT2D eigenvalue weighted by atomic mass is 16.5. The fourth-order valence-electron chi connectivity index (χ4n) is 3.78. The molecule has 1 aliphatic heterocycles. The average molecular weight is 404 g/mol. The zero-order chi connectivity index (χ0) is 20.9. The van der Waals surface area contributed by atoms with Crippen LogP contribution in [0, 0.1) is 5.92 Å². The second-order valence-electron chi connectivity index (χ2n) is 7.35. The minimum atomic E-state index is -0.128. The van der Waals surface area contributed by atoms with Gasteiger partial charge in [-0.1, -0.05) is 30.3 Å². The van der Waals surface area contributed by atoms with Crippen LogP contribution in [0.25, 0.3) is 11.1 Å². The maximum Gasteiger partial charge on any atom is 0.257 e. The number of rotatable bonds is 5. The minimum absolute atomic E-state index is 0.0132. The lowest BCUT2D eigenvalue weighted by molar-refractivity contribution is -0.121. The standard InChI is InChI=1S/C24H24N2O4/c1-29-20-6-4-5-18(15-20)21-7-2-3-8-22(21)25-23(27)17-9-12-26(13-10-17)24(28)19-11-14-30-16-19/h2-8,11,14-17H,9-10,12-13H2,1H3,(H,25,27). The van der Waals surface area contributed by atoms with Crippen LogP contribution in [0.2, 0.25) is 0 Å². The van der Waals surface area contributed by atoms with Crippen molar-refractivity contribution in [3.05, 3.63) is 72.7 Å². The summed E-state index contributed by atoms with van der Waals surface area (Å²) in [7, 11) is 1.64. The van der Waals surface area contributed by atoms with E-state index in [0.717, 1.165) is 22.6 Å². The molecule has 1 aromatic heterocycles. The van der Waals surface area contributed by atoms with Gasteiger partial charge in [0, 0.05) is 30.3 Å². The van der Waals surface area contributed by atoms with Crippen molar-refractivity contribution in [2.45, 2.75) is 12.8 Å². The molecule has 1 N–H and O–H groups in total. The normalized spacial score (nSPS) is 14.4. The first-order chi connectivity index (χ1) is 14.7. The maximum atomic E-state index is 12.9. The Balaban J connectivity index is 1.42. The summed E-state index contributed by atoms with van der Waals surface area (Å²) in [5.41, 5.74) is 3.24. The molecule has 30 heavy (non-hydrogen) atoms. The van der Waals surface area contributed by atoms with Crippen LogP contribution in [0.15, 0.2) is 71.5 Å². The minimum Gasteiger partial charge on any atom is -0.497 e. The van der Waals surface area contributed by atoms with E-state index >= 15 is 0 Å². The van der Waals surface area contributed by atoms with Gasteiger partial charge in [-0.3, -0.25) is 9.59 Å². The molecule has 2 aromatic carbocycles. The number of piperidine rings is 1. The van der Waals surface area contributed by atoms with Crippen molar-refractivity contribution < 1.29 is 18.7 Å². The van der Waals surface area contributed by atoms with Crippen molar-refractivity contribution in [1.82, 2.24) is 4.90 Å². The molecule has 0 saturated carbocycles. The van der Waals surface area contributed by atoms with E-state index in [-0.39, 0.29) is 17.7 Å². The Labute approximate surface area is 175 Å². The summed E-state index contributed by atoms with van der Waals surface area (Å²) in [5.74, 6) is 0.576. The van der Waals surface area contributed by atoms with E-state index in [1.54, 1.807) is 18.1 Å². The number of carbonyl (C=O) groups is 2. The van der Waals surface area contributed by atoms with E-state index in [1.807, 2.05) is 48.5 Å². The Morgan fingerprint density at radius 1 is 1.07 bits per heavy atom. The zero-order valence-corrected chi connectivity index (χ0v) is 16.8. The molecule has 154 valence electrons. The predicted octanol–water partition coefficient (Wildman–Crippen LogP) is 4.45. The molecule has 0 aliphatic carbocycles. The number of furan rings is 1. The van der Waals surface area contributed by atoms with E-state index in [9.17, 15) is 9.59 Å². The van der Waals surface area contributed by atoms with Gasteiger partial charge < -0.3 is 19.4 Å². The van der Waals surface area contributed by atoms with Crippen LogP contribution < -0.4 is 10.1 Å². The number of carbonyl (C=O) groups excluding carboxylic acids is 2. The van der Waals surface area contributed by atoms with Gasteiger partial charge in [0.15, 0.2) is 0 Å². The predicted molar refractivity (Wildman–Crippen MR) is 114 cm³/mol. The second-order valence-corrected chi connectivity index (χ2v) is 7.35. The quantitative estimate of drug-likeness (QED) is 0.682. The van der Waals surface area contributed by atoms with Crippen LogP contribution >= 0.6 is 0 Å². The highest BCUT2D eigenvalue weighted by Crippen LogP contribution is 2.31. The number of hydrogen-bond donors (Lipinski definition) is 1. The number of para-hydroxylation sites is 1. The van der Waals surface area contributed by atoms with Gasteiger partial charge in [-0.15, -0.1) is 0 Å². The lowest BCUT2D eigenvalue weighted by atomic mass is 9.95. The topological polar surface area (TPSA) is 71.8 Å². The third-order valence-electron chi connectivity index (χ3n) is 5.49. The fraction of sp³-hybridized carbons (Fsp3) is 0.250. The number of nitrogens with zero attached hydrogens (tertiary/aromatic N) is 1. The molecule has 1 aliphatic rings. The number of hydrogen-bond acceptors (Lipinski definition) is 4. The zero-order valence-electron chi connectivity index (χ0n) is 16.8. The molecule has 6 heteroatoms. The number of benzene rings is 2. The van der Waals surface area contributed by atoms with Gasteiger partial charge in [-0.2, -0.15) is 0 Å². The van der Waals surface area contributed by atoms with Gasteiger partial charge in [-0.25, -0.2) is 0 Å². The third-order valence-corrected chi connectivity index (χ3v) is 5.49. The maximum absolute atomic E-state index is 12.9. The number of ether oxygens (including phenoxy) is 1. The summed E-state index contributed by atoms with van der Waals surface area (Å²) in [6.45, 7) is 1.11. The highest BCUT2D eigenvalue weighted by molar-refractivity contribution is 5.97. The molecule has 0 bridgehead atoms. The molecule has 1 fully saturated rings. The third kappa shape index (κ3) is 4.22. The SMILES string of the molecule is COc1cccc(-c2ccccc2NC(=O)C2CCN(C(=O)c3ccoc3)CC2)c1. The van der Waals surface area contributed by atoms with Gasteiger partial charge in [0.05, 0.1) is 18.9 Å². The monoisotopic (exact) mass is 404 g/mol. The number of anilines is 1. The van der Waals surface area contributed by atoms with E-state index < -0.39 is 0 Å². The molecular formula is C24H24N2O4. The van der Waals surface area contributed by atoms with E-state index in [4.69, 9.17) is 9.15 Å². The lowest BCUT2D eigenvalue weighted by Crippen LogP contribution is -2.41. The van der Waals surface area contributed by atoms with Crippen LogP contribution in [-0.4, -0.2) is 36.9 Å². The number of likely N-dealkylation sites (tertiary alicyclic amines) is 1. The highest BCUT2D eigenvalue weighted by Gasteiger charge is 2.28. The molecule has 3 aromatic rings. The molecule has 4 rings (SSSR count). The largest absolute Gasteiger partial charge is 0.497 e. The van der Waals surface area contributed by atoms with Crippen LogP contribution in [0.3, 0.4) is 0 Å². The number of methoxy groups -OCH3 is 1. The summed E-state index contributed by atoms with van der Waals surface area (Å²) in [6, 6.07) is 17.2. The molecular weight excluding hydrogens is 380 g/mol. The average Bonchev–Trinajstić information content (AvgIpc) is 3.34. The number of nitrogens with one attached hydrogen (secondary N) is 1. The molecule has 6 nitrogen and oxygen atoms in total. The van der Waals surface area contributed by atoms with Gasteiger partial charge >= 0.3 is 0 Å². The molecule has 2 amide bonds. The smallest absolute Gasteiger partial charge is 0.257 e. The Bertz CT molecular complexity index is 1020. The molecule has 0 unspecified atom stereocenters. The molecule has 0 spiro atoms. The molecule has 2 heterocycles. The lowest BCUT2D eigenvalue weighted by Gasteiger charge is -2.31. The number of amides is 2. The van der Waals surface area contributed by atoms with Gasteiger partial charge in [0.25, 0.3) is 5.91 Å². The Morgan fingerprint density at radius 3 is 2.60 bits per heavy atom. The molecule has 0 atom stereocenters. The van der Waals surface area contributed by atoms with Crippen molar-refractivity contribution in [1.29, 1.82) is 0 Å². The first kappa shape index (κ1) is 19.8. The Morgan fingerprint density at radius 2 is 1.87 bits per heavy atom. The molecule has 0 radical (unpaired) electrons. The van der Waals surface area contributed by atoms with Gasteiger partial charge in [0.2, 0.25) is 5.91 Å². The molecule has 1 saturated heterocycles. The van der Waals surface area contributed by atoms with Crippen molar-refractivity contribution in [3.63, 3.8) is 0 Å². The van der Waals surface area contributed by atoms with Crippen molar-refractivity contribution >= 4 is 17.5 Å². The Kier molecular flexibility index (Phi) is 5.84. The summed E-state index contributed by atoms with van der Waals surface area (Å²) in [5, 5.41) is 3.09. The first-order valence-electron chi connectivity index (χ1n) is 10.0. The van der Waals surface area contributed by atoms with E-state index in [0.29, 0.717) is 31.5 Å². The van der Waals surface area contributed by atoms with Crippen LogP contribution in [0.1, 0.15) is 23.2 Å². The van der Waals surface area contributed by atoms with E-state index in [1.165, 1.54) is 12.5 Å². The van der Waals surface area contributed by atoms with E-state index in [2.05, 4.69) is 5.32 Å². The van der Waals surface area contributed by atoms with Gasteiger partial charge in [0.1, 0.15) is 12.0 Å². The summed E-state index contributed by atoms with van der Waals surface area (Å²) in [4.78, 5) is 27.1. The van der Waals surface area contributed by atoms with Crippen molar-refractivity contribution in [3.8, 4) is 16.9 Å². The van der Waals surface area contributed by atoms with Crippen molar-refractivity contribution in [2.24, 2.45) is 5.92 Å². The summed E-state index contributed by atoms with van der Waals surface area (Å²) < 4.78 is 10.3. The van der Waals surface area contributed by atoms with Crippen LogP contribution in [0.5, 0.6) is 5.75 Å². The fourth-order valence-corrected chi connectivity index (χ4v) is 3.78. The van der Waals surface area contributed by atoms with Crippen LogP contribution in [-0.2, 0) is 4.79 Å². The van der Waals surface area contributed by atoms with Gasteiger partial charge in [-0.05, 0) is 42.7 Å². The second kappa shape index (κ2) is 8.86.